The average Bonchev–Trinajstić information content (AvgIpc) is 2.59. The molecule has 1 amide bonds. The Kier molecular flexibility index (Phi) is 8.86. The lowest BCUT2D eigenvalue weighted by molar-refractivity contribution is -0.123. The van der Waals surface area contributed by atoms with Crippen LogP contribution in [0.25, 0.3) is 0 Å². The summed E-state index contributed by atoms with van der Waals surface area (Å²) >= 11 is 0. The standard InChI is InChI=1S/C18H22N2O3.ClH/c1-22-13-16(19)18(21)20-11-15-9-5-6-10-17(15)23-12-14-7-3-2-4-8-14;/h2-10,16H,11-13,19H2,1H3,(H,20,21);1H. The predicted octanol–water partition coefficient (Wildman–Crippen LogP) is 2.28. The van der Waals surface area contributed by atoms with Gasteiger partial charge in [0.15, 0.2) is 0 Å². The van der Waals surface area contributed by atoms with Gasteiger partial charge in [-0.2, -0.15) is 0 Å². The first-order valence-corrected chi connectivity index (χ1v) is 7.47. The van der Waals surface area contributed by atoms with Crippen LogP contribution in [-0.4, -0.2) is 25.7 Å². The highest BCUT2D eigenvalue weighted by Gasteiger charge is 2.13. The van der Waals surface area contributed by atoms with Crippen LogP contribution in [0.2, 0.25) is 0 Å². The van der Waals surface area contributed by atoms with Crippen LogP contribution in [0.5, 0.6) is 5.75 Å². The minimum atomic E-state index is -0.669. The van der Waals surface area contributed by atoms with Gasteiger partial charge in [0.25, 0.3) is 0 Å². The van der Waals surface area contributed by atoms with Crippen LogP contribution in [0.3, 0.4) is 0 Å². The van der Waals surface area contributed by atoms with E-state index < -0.39 is 6.04 Å². The van der Waals surface area contributed by atoms with Gasteiger partial charge in [-0.1, -0.05) is 48.5 Å². The van der Waals surface area contributed by atoms with Crippen LogP contribution in [-0.2, 0) is 22.7 Å². The van der Waals surface area contributed by atoms with Gasteiger partial charge in [0.05, 0.1) is 6.61 Å². The van der Waals surface area contributed by atoms with Gasteiger partial charge >= 0.3 is 0 Å². The van der Waals surface area contributed by atoms with Crippen molar-refractivity contribution in [2.75, 3.05) is 13.7 Å². The summed E-state index contributed by atoms with van der Waals surface area (Å²) in [4.78, 5) is 11.8. The highest BCUT2D eigenvalue weighted by molar-refractivity contribution is 5.85. The molecular formula is C18H23ClN2O3. The molecule has 0 aromatic heterocycles. The van der Waals surface area contributed by atoms with Gasteiger partial charge in [-0.05, 0) is 11.6 Å². The summed E-state index contributed by atoms with van der Waals surface area (Å²) < 4.78 is 10.7. The van der Waals surface area contributed by atoms with E-state index in [0.29, 0.717) is 13.2 Å². The number of hydrogen-bond acceptors (Lipinski definition) is 4. The maximum Gasteiger partial charge on any atom is 0.239 e. The van der Waals surface area contributed by atoms with E-state index in [1.54, 1.807) is 0 Å². The van der Waals surface area contributed by atoms with Gasteiger partial charge in [0, 0.05) is 19.2 Å². The molecule has 2 aromatic carbocycles. The third-order valence-corrected chi connectivity index (χ3v) is 3.35. The largest absolute Gasteiger partial charge is 0.489 e. The highest BCUT2D eigenvalue weighted by Crippen LogP contribution is 2.19. The average molecular weight is 351 g/mol. The Bertz CT molecular complexity index is 623. The Morgan fingerprint density at radius 3 is 2.50 bits per heavy atom. The Labute approximate surface area is 148 Å². The third kappa shape index (κ3) is 6.20. The normalized spacial score (nSPS) is 11.2. The van der Waals surface area contributed by atoms with E-state index >= 15 is 0 Å². The monoisotopic (exact) mass is 350 g/mol. The van der Waals surface area contributed by atoms with E-state index in [2.05, 4.69) is 5.32 Å². The SMILES string of the molecule is COCC(N)C(=O)NCc1ccccc1OCc1ccccc1.Cl. The molecule has 0 heterocycles. The molecule has 0 saturated carbocycles. The molecule has 0 aliphatic carbocycles. The minimum Gasteiger partial charge on any atom is -0.489 e. The molecule has 0 aliphatic rings. The van der Waals surface area contributed by atoms with Gasteiger partial charge in [-0.15, -0.1) is 12.4 Å². The van der Waals surface area contributed by atoms with Gasteiger partial charge in [0.2, 0.25) is 5.91 Å². The van der Waals surface area contributed by atoms with Crippen molar-refractivity contribution in [3.05, 3.63) is 65.7 Å². The van der Waals surface area contributed by atoms with E-state index in [9.17, 15) is 4.79 Å². The number of methoxy groups -OCH3 is 1. The number of rotatable bonds is 8. The summed E-state index contributed by atoms with van der Waals surface area (Å²) in [5, 5.41) is 2.80. The summed E-state index contributed by atoms with van der Waals surface area (Å²) in [6, 6.07) is 16.9. The number of benzene rings is 2. The number of carbonyl (C=O) groups is 1. The molecular weight excluding hydrogens is 328 g/mol. The molecule has 6 heteroatoms. The van der Waals surface area contributed by atoms with Crippen molar-refractivity contribution in [1.82, 2.24) is 5.32 Å². The number of carbonyl (C=O) groups excluding carboxylic acids is 1. The van der Waals surface area contributed by atoms with E-state index in [-0.39, 0.29) is 24.9 Å². The third-order valence-electron chi connectivity index (χ3n) is 3.35. The number of nitrogens with one attached hydrogen (secondary N) is 1. The molecule has 2 rings (SSSR count). The van der Waals surface area contributed by atoms with Gasteiger partial charge < -0.3 is 20.5 Å². The number of amides is 1. The van der Waals surface area contributed by atoms with Crippen molar-refractivity contribution >= 4 is 18.3 Å². The zero-order valence-corrected chi connectivity index (χ0v) is 14.4. The van der Waals surface area contributed by atoms with Crippen molar-refractivity contribution in [3.8, 4) is 5.75 Å². The fourth-order valence-electron chi connectivity index (χ4n) is 2.09. The molecule has 0 spiro atoms. The molecule has 130 valence electrons. The summed E-state index contributed by atoms with van der Waals surface area (Å²) in [5.41, 5.74) is 7.69. The summed E-state index contributed by atoms with van der Waals surface area (Å²) in [6.45, 7) is 1.04. The second kappa shape index (κ2) is 10.6. The fraction of sp³-hybridized carbons (Fsp3) is 0.278. The van der Waals surface area contributed by atoms with Crippen molar-refractivity contribution < 1.29 is 14.3 Å². The molecule has 1 atom stereocenters. The first-order valence-electron chi connectivity index (χ1n) is 7.47. The van der Waals surface area contributed by atoms with E-state index in [1.807, 2.05) is 54.6 Å². The van der Waals surface area contributed by atoms with E-state index in [0.717, 1.165) is 16.9 Å². The molecule has 0 saturated heterocycles. The van der Waals surface area contributed by atoms with Crippen LogP contribution in [0.15, 0.2) is 54.6 Å². The van der Waals surface area contributed by atoms with E-state index in [4.69, 9.17) is 15.2 Å². The smallest absolute Gasteiger partial charge is 0.239 e. The molecule has 0 bridgehead atoms. The number of ether oxygens (including phenoxy) is 2. The first kappa shape index (κ1) is 20.0. The minimum absolute atomic E-state index is 0. The Hall–Kier alpha value is -2.08. The first-order chi connectivity index (χ1) is 11.2. The quantitative estimate of drug-likeness (QED) is 0.766. The van der Waals surface area contributed by atoms with Crippen LogP contribution in [0, 0.1) is 0 Å². The van der Waals surface area contributed by atoms with Crippen molar-refractivity contribution in [2.24, 2.45) is 5.73 Å². The molecule has 0 fully saturated rings. The molecule has 2 aromatic rings. The van der Waals surface area contributed by atoms with Crippen molar-refractivity contribution in [2.45, 2.75) is 19.2 Å². The molecule has 24 heavy (non-hydrogen) atoms. The summed E-state index contributed by atoms with van der Waals surface area (Å²) in [7, 11) is 1.51. The predicted molar refractivity (Wildman–Crippen MR) is 96.2 cm³/mol. The van der Waals surface area contributed by atoms with Gasteiger partial charge in [-0.3, -0.25) is 4.79 Å². The van der Waals surface area contributed by atoms with Crippen molar-refractivity contribution in [3.63, 3.8) is 0 Å². The van der Waals surface area contributed by atoms with Crippen molar-refractivity contribution in [1.29, 1.82) is 0 Å². The lowest BCUT2D eigenvalue weighted by atomic mass is 10.2. The lowest BCUT2D eigenvalue weighted by Gasteiger charge is -2.14. The Balaban J connectivity index is 0.00000288. The Morgan fingerprint density at radius 2 is 1.79 bits per heavy atom. The maximum atomic E-state index is 11.8. The molecule has 5 nitrogen and oxygen atoms in total. The lowest BCUT2D eigenvalue weighted by Crippen LogP contribution is -2.43. The zero-order chi connectivity index (χ0) is 16.5. The van der Waals surface area contributed by atoms with E-state index in [1.165, 1.54) is 7.11 Å². The topological polar surface area (TPSA) is 73.6 Å². The number of halogens is 1. The second-order valence-electron chi connectivity index (χ2n) is 5.16. The molecule has 1 unspecified atom stereocenters. The second-order valence-corrected chi connectivity index (χ2v) is 5.16. The van der Waals surface area contributed by atoms with Crippen LogP contribution >= 0.6 is 12.4 Å². The fourth-order valence-corrected chi connectivity index (χ4v) is 2.09. The number of para-hydroxylation sites is 1. The summed E-state index contributed by atoms with van der Waals surface area (Å²) in [6.07, 6.45) is 0. The van der Waals surface area contributed by atoms with Crippen LogP contribution in [0.4, 0.5) is 0 Å². The maximum absolute atomic E-state index is 11.8. The van der Waals surface area contributed by atoms with Gasteiger partial charge in [0.1, 0.15) is 18.4 Å². The highest BCUT2D eigenvalue weighted by atomic mass is 35.5. The zero-order valence-electron chi connectivity index (χ0n) is 13.6. The Morgan fingerprint density at radius 1 is 1.12 bits per heavy atom. The molecule has 0 aliphatic heterocycles. The number of hydrogen-bond donors (Lipinski definition) is 2. The number of nitrogens with two attached hydrogens (primary N) is 1. The molecule has 3 N–H and O–H groups in total. The van der Waals surface area contributed by atoms with Crippen LogP contribution < -0.4 is 15.8 Å². The van der Waals surface area contributed by atoms with Crippen LogP contribution in [0.1, 0.15) is 11.1 Å². The molecule has 0 radical (unpaired) electrons. The van der Waals surface area contributed by atoms with Gasteiger partial charge in [-0.25, -0.2) is 0 Å². The summed E-state index contributed by atoms with van der Waals surface area (Å²) in [5.74, 6) is 0.502.